The molecular formula is C12H14N2O4S. The van der Waals surface area contributed by atoms with E-state index in [0.717, 1.165) is 24.2 Å². The standard InChI is InChI=1S/C12H14N2O4S/c1-6(15)13-9-5-4-8(19-9)11(16)14-10(12(17)18)7-2-3-7/h4-5,7,10H,2-3H2,1H3,(H,13,15)(H,14,16)(H,17,18). The monoisotopic (exact) mass is 282 g/mol. The lowest BCUT2D eigenvalue weighted by Gasteiger charge is -2.12. The van der Waals surface area contributed by atoms with Crippen molar-refractivity contribution in [3.8, 4) is 0 Å². The number of carbonyl (C=O) groups excluding carboxylic acids is 2. The number of thiophene rings is 1. The van der Waals surface area contributed by atoms with Crippen LogP contribution in [0, 0.1) is 5.92 Å². The molecule has 2 rings (SSSR count). The van der Waals surface area contributed by atoms with Crippen molar-refractivity contribution in [3.05, 3.63) is 17.0 Å². The number of hydrogen-bond acceptors (Lipinski definition) is 4. The van der Waals surface area contributed by atoms with Gasteiger partial charge in [-0.1, -0.05) is 0 Å². The van der Waals surface area contributed by atoms with Crippen LogP contribution in [0.3, 0.4) is 0 Å². The first-order valence-electron chi connectivity index (χ1n) is 5.88. The Balaban J connectivity index is 2.00. The first kappa shape index (κ1) is 13.5. The smallest absolute Gasteiger partial charge is 0.326 e. The number of amides is 2. The van der Waals surface area contributed by atoms with Gasteiger partial charge in [-0.25, -0.2) is 4.79 Å². The number of anilines is 1. The lowest BCUT2D eigenvalue weighted by Crippen LogP contribution is -2.42. The number of aliphatic carboxylic acids is 1. The quantitative estimate of drug-likeness (QED) is 0.758. The second kappa shape index (κ2) is 5.40. The maximum Gasteiger partial charge on any atom is 0.326 e. The van der Waals surface area contributed by atoms with Crippen molar-refractivity contribution >= 4 is 34.1 Å². The van der Waals surface area contributed by atoms with Gasteiger partial charge in [0.25, 0.3) is 5.91 Å². The van der Waals surface area contributed by atoms with E-state index >= 15 is 0 Å². The van der Waals surface area contributed by atoms with Crippen LogP contribution in [0.2, 0.25) is 0 Å². The predicted octanol–water partition coefficient (Wildman–Crippen LogP) is 1.30. The highest BCUT2D eigenvalue weighted by Gasteiger charge is 2.37. The molecule has 0 bridgehead atoms. The summed E-state index contributed by atoms with van der Waals surface area (Å²) in [7, 11) is 0. The number of carboxylic acids is 1. The van der Waals surface area contributed by atoms with Crippen LogP contribution in [-0.4, -0.2) is 28.9 Å². The third kappa shape index (κ3) is 3.54. The van der Waals surface area contributed by atoms with Crippen molar-refractivity contribution in [1.29, 1.82) is 0 Å². The van der Waals surface area contributed by atoms with E-state index in [9.17, 15) is 14.4 Å². The summed E-state index contributed by atoms with van der Waals surface area (Å²) in [6.07, 6.45) is 1.66. The summed E-state index contributed by atoms with van der Waals surface area (Å²) in [6.45, 7) is 1.38. The fourth-order valence-electron chi connectivity index (χ4n) is 1.72. The van der Waals surface area contributed by atoms with Crippen LogP contribution in [0.4, 0.5) is 5.00 Å². The summed E-state index contributed by atoms with van der Waals surface area (Å²) in [4.78, 5) is 34.2. The van der Waals surface area contributed by atoms with E-state index in [2.05, 4.69) is 10.6 Å². The lowest BCUT2D eigenvalue weighted by atomic mass is 10.2. The first-order chi connectivity index (χ1) is 8.97. The number of carbonyl (C=O) groups is 3. The summed E-state index contributed by atoms with van der Waals surface area (Å²) in [5.74, 6) is -1.60. The van der Waals surface area contributed by atoms with Gasteiger partial charge >= 0.3 is 5.97 Å². The Morgan fingerprint density at radius 2 is 2.05 bits per heavy atom. The van der Waals surface area contributed by atoms with Gasteiger partial charge in [0, 0.05) is 6.92 Å². The molecule has 2 amide bonds. The lowest BCUT2D eigenvalue weighted by molar-refractivity contribution is -0.139. The molecule has 1 fully saturated rings. The molecule has 19 heavy (non-hydrogen) atoms. The molecule has 0 aliphatic heterocycles. The van der Waals surface area contributed by atoms with Crippen LogP contribution in [0.25, 0.3) is 0 Å². The Bertz CT molecular complexity index is 522. The van der Waals surface area contributed by atoms with Gasteiger partial charge in [0.2, 0.25) is 5.91 Å². The molecule has 0 aromatic carbocycles. The topological polar surface area (TPSA) is 95.5 Å². The van der Waals surface area contributed by atoms with E-state index in [1.807, 2.05) is 0 Å². The van der Waals surface area contributed by atoms with E-state index in [4.69, 9.17) is 5.11 Å². The predicted molar refractivity (Wildman–Crippen MR) is 70.2 cm³/mol. The minimum atomic E-state index is -1.01. The zero-order valence-electron chi connectivity index (χ0n) is 10.3. The minimum Gasteiger partial charge on any atom is -0.480 e. The van der Waals surface area contributed by atoms with Crippen molar-refractivity contribution in [2.45, 2.75) is 25.8 Å². The van der Waals surface area contributed by atoms with Crippen molar-refractivity contribution < 1.29 is 19.5 Å². The highest BCUT2D eigenvalue weighted by molar-refractivity contribution is 7.18. The molecule has 3 N–H and O–H groups in total. The highest BCUT2D eigenvalue weighted by Crippen LogP contribution is 2.33. The van der Waals surface area contributed by atoms with Crippen molar-refractivity contribution in [2.24, 2.45) is 5.92 Å². The molecule has 7 heteroatoms. The molecule has 0 spiro atoms. The normalized spacial score (nSPS) is 15.6. The van der Waals surface area contributed by atoms with E-state index in [0.29, 0.717) is 9.88 Å². The molecule has 0 saturated heterocycles. The van der Waals surface area contributed by atoms with Crippen LogP contribution < -0.4 is 10.6 Å². The van der Waals surface area contributed by atoms with Gasteiger partial charge in [-0.2, -0.15) is 0 Å². The Kier molecular flexibility index (Phi) is 3.84. The summed E-state index contributed by atoms with van der Waals surface area (Å²) >= 11 is 1.12. The van der Waals surface area contributed by atoms with Gasteiger partial charge in [0.15, 0.2) is 0 Å². The van der Waals surface area contributed by atoms with Gasteiger partial charge in [-0.3, -0.25) is 9.59 Å². The average Bonchev–Trinajstić information content (AvgIpc) is 3.05. The fourth-order valence-corrected chi connectivity index (χ4v) is 2.58. The van der Waals surface area contributed by atoms with E-state index in [1.165, 1.54) is 6.92 Å². The summed E-state index contributed by atoms with van der Waals surface area (Å²) in [6, 6.07) is 2.36. The Labute approximate surface area is 113 Å². The maximum absolute atomic E-state index is 11.9. The molecule has 0 radical (unpaired) electrons. The molecule has 1 atom stereocenters. The number of carboxylic acid groups (broad SMARTS) is 1. The zero-order valence-corrected chi connectivity index (χ0v) is 11.1. The van der Waals surface area contributed by atoms with Gasteiger partial charge in [0.1, 0.15) is 6.04 Å². The molecule has 102 valence electrons. The van der Waals surface area contributed by atoms with E-state index in [1.54, 1.807) is 12.1 Å². The SMILES string of the molecule is CC(=O)Nc1ccc(C(=O)NC(C(=O)O)C2CC2)s1. The highest BCUT2D eigenvalue weighted by atomic mass is 32.1. The number of hydrogen-bond donors (Lipinski definition) is 3. The maximum atomic E-state index is 11.9. The fraction of sp³-hybridized carbons (Fsp3) is 0.417. The van der Waals surface area contributed by atoms with Crippen LogP contribution in [0.15, 0.2) is 12.1 Å². The zero-order chi connectivity index (χ0) is 14.0. The number of nitrogens with one attached hydrogen (secondary N) is 2. The van der Waals surface area contributed by atoms with Crippen LogP contribution in [0.5, 0.6) is 0 Å². The first-order valence-corrected chi connectivity index (χ1v) is 6.70. The second-order valence-corrected chi connectivity index (χ2v) is 5.56. The van der Waals surface area contributed by atoms with Crippen LogP contribution in [-0.2, 0) is 9.59 Å². The molecule has 1 saturated carbocycles. The molecule has 1 aliphatic rings. The van der Waals surface area contributed by atoms with Crippen LogP contribution >= 0.6 is 11.3 Å². The molecule has 6 nitrogen and oxygen atoms in total. The summed E-state index contributed by atoms with van der Waals surface area (Å²) in [5, 5.41) is 14.7. The minimum absolute atomic E-state index is 0.0382. The van der Waals surface area contributed by atoms with Gasteiger partial charge in [-0.15, -0.1) is 11.3 Å². The summed E-state index contributed by atoms with van der Waals surface area (Å²) in [5.41, 5.74) is 0. The van der Waals surface area contributed by atoms with E-state index < -0.39 is 17.9 Å². The molecule has 1 aliphatic carbocycles. The third-order valence-corrected chi connectivity index (χ3v) is 3.77. The van der Waals surface area contributed by atoms with Gasteiger partial charge in [-0.05, 0) is 30.9 Å². The van der Waals surface area contributed by atoms with Crippen molar-refractivity contribution in [1.82, 2.24) is 5.32 Å². The molecule has 1 aromatic heterocycles. The second-order valence-electron chi connectivity index (χ2n) is 4.47. The average molecular weight is 282 g/mol. The molecule has 1 heterocycles. The summed E-state index contributed by atoms with van der Waals surface area (Å²) < 4.78 is 0. The Morgan fingerprint density at radius 3 is 2.58 bits per heavy atom. The third-order valence-electron chi connectivity index (χ3n) is 2.78. The molecule has 1 unspecified atom stereocenters. The Morgan fingerprint density at radius 1 is 1.37 bits per heavy atom. The molecule has 1 aromatic rings. The molecular weight excluding hydrogens is 268 g/mol. The van der Waals surface area contributed by atoms with Crippen LogP contribution in [0.1, 0.15) is 29.4 Å². The van der Waals surface area contributed by atoms with E-state index in [-0.39, 0.29) is 11.8 Å². The van der Waals surface area contributed by atoms with Gasteiger partial charge in [0.05, 0.1) is 9.88 Å². The van der Waals surface area contributed by atoms with Gasteiger partial charge < -0.3 is 15.7 Å². The van der Waals surface area contributed by atoms with Crippen molar-refractivity contribution in [2.75, 3.05) is 5.32 Å². The Hall–Kier alpha value is -1.89. The largest absolute Gasteiger partial charge is 0.480 e. The number of rotatable bonds is 5. The van der Waals surface area contributed by atoms with Crippen molar-refractivity contribution in [3.63, 3.8) is 0 Å².